The molecule has 134 valence electrons. The molecule has 0 unspecified atom stereocenters. The number of hydrogen-bond acceptors (Lipinski definition) is 4. The highest BCUT2D eigenvalue weighted by atomic mass is 35.5. The second-order valence-electron chi connectivity index (χ2n) is 5.82. The maximum absolute atomic E-state index is 12.8. The molecule has 0 aliphatic carbocycles. The molecule has 0 spiro atoms. The topological polar surface area (TPSA) is 51.9 Å². The van der Waals surface area contributed by atoms with E-state index in [1.807, 2.05) is 55.9 Å². The van der Waals surface area contributed by atoms with E-state index in [1.54, 1.807) is 16.0 Å². The minimum atomic E-state index is 0. The molecule has 1 aromatic carbocycles. The van der Waals surface area contributed by atoms with Gasteiger partial charge < -0.3 is 5.32 Å². The van der Waals surface area contributed by atoms with Crippen molar-refractivity contribution in [3.05, 3.63) is 68.0 Å². The van der Waals surface area contributed by atoms with Crippen LogP contribution in [0.5, 0.6) is 0 Å². The summed E-state index contributed by atoms with van der Waals surface area (Å²) in [7, 11) is 1.92. The van der Waals surface area contributed by atoms with E-state index in [9.17, 15) is 4.79 Å². The lowest BCUT2D eigenvalue weighted by Crippen LogP contribution is -2.24. The quantitative estimate of drug-likeness (QED) is 0.671. The molecule has 5 nitrogen and oxygen atoms in total. The second-order valence-corrected chi connectivity index (χ2v) is 6.89. The first-order valence-corrected chi connectivity index (χ1v) is 8.90. The van der Waals surface area contributed by atoms with Gasteiger partial charge in [-0.2, -0.15) is 0 Å². The zero-order valence-electron chi connectivity index (χ0n) is 14.7. The van der Waals surface area contributed by atoms with Crippen LogP contribution < -0.4 is 10.9 Å². The summed E-state index contributed by atoms with van der Waals surface area (Å²) in [4.78, 5) is 17.2. The first kappa shape index (κ1) is 19.4. The number of aryl methyl sites for hydroxylation is 1. The highest BCUT2D eigenvalue weighted by Gasteiger charge is 2.15. The van der Waals surface area contributed by atoms with Gasteiger partial charge in [0.05, 0.1) is 22.0 Å². The van der Waals surface area contributed by atoms with Crippen molar-refractivity contribution in [1.29, 1.82) is 0 Å². The SMILES string of the molecule is Cc1nc(CCNCc2c(C)n(C)n(-c3ccccc3)c2=O)cs1.Cl. The largest absolute Gasteiger partial charge is 0.312 e. The Kier molecular flexibility index (Phi) is 6.58. The third kappa shape index (κ3) is 4.21. The predicted molar refractivity (Wildman–Crippen MR) is 105 cm³/mol. The average molecular weight is 379 g/mol. The summed E-state index contributed by atoms with van der Waals surface area (Å²) in [5, 5.41) is 6.55. The number of para-hydroxylation sites is 1. The molecule has 7 heteroatoms. The minimum absolute atomic E-state index is 0. The van der Waals surface area contributed by atoms with Crippen LogP contribution in [0.3, 0.4) is 0 Å². The Morgan fingerprint density at radius 2 is 1.92 bits per heavy atom. The van der Waals surface area contributed by atoms with E-state index in [-0.39, 0.29) is 18.0 Å². The van der Waals surface area contributed by atoms with Crippen LogP contribution in [0.15, 0.2) is 40.5 Å². The molecule has 3 rings (SSSR count). The van der Waals surface area contributed by atoms with Gasteiger partial charge in [0, 0.05) is 37.6 Å². The summed E-state index contributed by atoms with van der Waals surface area (Å²) in [6, 6.07) is 9.73. The monoisotopic (exact) mass is 378 g/mol. The summed E-state index contributed by atoms with van der Waals surface area (Å²) >= 11 is 1.67. The summed E-state index contributed by atoms with van der Waals surface area (Å²) in [6.45, 7) is 5.38. The molecular weight excluding hydrogens is 356 g/mol. The summed E-state index contributed by atoms with van der Waals surface area (Å²) < 4.78 is 3.63. The van der Waals surface area contributed by atoms with Crippen LogP contribution in [-0.4, -0.2) is 20.9 Å². The van der Waals surface area contributed by atoms with Crippen molar-refractivity contribution in [2.45, 2.75) is 26.8 Å². The normalized spacial score (nSPS) is 10.7. The number of nitrogens with one attached hydrogen (secondary N) is 1. The first-order chi connectivity index (χ1) is 11.6. The van der Waals surface area contributed by atoms with Crippen LogP contribution in [0.4, 0.5) is 0 Å². The number of halogens is 1. The Morgan fingerprint density at radius 3 is 2.56 bits per heavy atom. The van der Waals surface area contributed by atoms with Gasteiger partial charge in [-0.25, -0.2) is 9.67 Å². The molecule has 0 radical (unpaired) electrons. The number of aromatic nitrogens is 3. The molecular formula is C18H23ClN4OS. The minimum Gasteiger partial charge on any atom is -0.312 e. The van der Waals surface area contributed by atoms with Gasteiger partial charge >= 0.3 is 0 Å². The van der Waals surface area contributed by atoms with Crippen LogP contribution in [0.25, 0.3) is 5.69 Å². The lowest BCUT2D eigenvalue weighted by Gasteiger charge is -2.07. The van der Waals surface area contributed by atoms with Crippen LogP contribution in [0.1, 0.15) is 22.0 Å². The van der Waals surface area contributed by atoms with E-state index in [0.29, 0.717) is 6.54 Å². The van der Waals surface area contributed by atoms with E-state index in [1.165, 1.54) is 0 Å². The van der Waals surface area contributed by atoms with Gasteiger partial charge in [-0.3, -0.25) is 9.48 Å². The maximum Gasteiger partial charge on any atom is 0.276 e. The van der Waals surface area contributed by atoms with Crippen molar-refractivity contribution >= 4 is 23.7 Å². The van der Waals surface area contributed by atoms with Gasteiger partial charge in [0.2, 0.25) is 0 Å². The number of hydrogen-bond donors (Lipinski definition) is 1. The van der Waals surface area contributed by atoms with Crippen molar-refractivity contribution in [3.8, 4) is 5.69 Å². The molecule has 0 atom stereocenters. The predicted octanol–water partition coefficient (Wildman–Crippen LogP) is 3.00. The zero-order valence-corrected chi connectivity index (χ0v) is 16.3. The third-order valence-electron chi connectivity index (χ3n) is 4.20. The number of thiazole rings is 1. The second kappa shape index (κ2) is 8.47. The fraction of sp³-hybridized carbons (Fsp3) is 0.333. The molecule has 0 aliphatic heterocycles. The molecule has 0 saturated heterocycles. The van der Waals surface area contributed by atoms with Crippen molar-refractivity contribution in [2.75, 3.05) is 6.54 Å². The van der Waals surface area contributed by atoms with Gasteiger partial charge in [0.25, 0.3) is 5.56 Å². The Hall–Kier alpha value is -1.89. The lowest BCUT2D eigenvalue weighted by atomic mass is 10.2. The highest BCUT2D eigenvalue weighted by molar-refractivity contribution is 7.09. The van der Waals surface area contributed by atoms with Gasteiger partial charge in [0.1, 0.15) is 0 Å². The lowest BCUT2D eigenvalue weighted by molar-refractivity contribution is 0.629. The fourth-order valence-electron chi connectivity index (χ4n) is 2.78. The first-order valence-electron chi connectivity index (χ1n) is 8.02. The van der Waals surface area contributed by atoms with E-state index in [2.05, 4.69) is 15.7 Å². The van der Waals surface area contributed by atoms with Crippen LogP contribution in [0, 0.1) is 13.8 Å². The molecule has 0 bridgehead atoms. The summed E-state index contributed by atoms with van der Waals surface area (Å²) in [5.74, 6) is 0. The smallest absolute Gasteiger partial charge is 0.276 e. The van der Waals surface area contributed by atoms with Gasteiger partial charge in [-0.1, -0.05) is 18.2 Å². The number of rotatable bonds is 6. The van der Waals surface area contributed by atoms with Crippen LogP contribution >= 0.6 is 23.7 Å². The van der Waals surface area contributed by atoms with Crippen LogP contribution in [0.2, 0.25) is 0 Å². The van der Waals surface area contributed by atoms with Crippen molar-refractivity contribution in [1.82, 2.24) is 19.7 Å². The number of nitrogens with zero attached hydrogens (tertiary/aromatic N) is 3. The van der Waals surface area contributed by atoms with Gasteiger partial charge in [0.15, 0.2) is 0 Å². The third-order valence-corrected chi connectivity index (χ3v) is 5.02. The number of benzene rings is 1. The molecule has 3 aromatic rings. The van der Waals surface area contributed by atoms with Crippen molar-refractivity contribution in [2.24, 2.45) is 7.05 Å². The standard InChI is InChI=1S/C18H22N4OS.ClH/c1-13-17(11-19-10-9-15-12-24-14(2)20-15)18(23)22(21(13)3)16-7-5-4-6-8-16;/h4-8,12,19H,9-11H2,1-3H3;1H. The zero-order chi connectivity index (χ0) is 17.1. The van der Waals surface area contributed by atoms with Gasteiger partial charge in [-0.05, 0) is 26.0 Å². The Morgan fingerprint density at radius 1 is 1.20 bits per heavy atom. The molecule has 0 aliphatic rings. The van der Waals surface area contributed by atoms with Crippen molar-refractivity contribution in [3.63, 3.8) is 0 Å². The van der Waals surface area contributed by atoms with E-state index in [4.69, 9.17) is 0 Å². The molecule has 25 heavy (non-hydrogen) atoms. The van der Waals surface area contributed by atoms with Gasteiger partial charge in [-0.15, -0.1) is 23.7 Å². The molecule has 0 saturated carbocycles. The van der Waals surface area contributed by atoms with E-state index < -0.39 is 0 Å². The fourth-order valence-corrected chi connectivity index (χ4v) is 3.43. The summed E-state index contributed by atoms with van der Waals surface area (Å²) in [5.41, 5.74) is 3.84. The maximum atomic E-state index is 12.8. The Bertz CT molecular complexity index is 882. The Balaban J connectivity index is 0.00000225. The van der Waals surface area contributed by atoms with E-state index in [0.717, 1.165) is 40.6 Å². The Labute approximate surface area is 157 Å². The van der Waals surface area contributed by atoms with Crippen molar-refractivity contribution < 1.29 is 0 Å². The highest BCUT2D eigenvalue weighted by Crippen LogP contribution is 2.10. The van der Waals surface area contributed by atoms with E-state index >= 15 is 0 Å². The molecule has 0 amide bonds. The summed E-state index contributed by atoms with van der Waals surface area (Å²) in [6.07, 6.45) is 0.878. The molecule has 2 aromatic heterocycles. The van der Waals surface area contributed by atoms with Crippen LogP contribution in [-0.2, 0) is 20.0 Å². The molecule has 2 heterocycles. The molecule has 0 fully saturated rings. The average Bonchev–Trinajstić information content (AvgIpc) is 3.08. The molecule has 1 N–H and O–H groups in total.